The third-order valence-electron chi connectivity index (χ3n) is 3.11. The third kappa shape index (κ3) is 6.16. The van der Waals surface area contributed by atoms with Gasteiger partial charge in [-0.05, 0) is 19.1 Å². The second-order valence-electron chi connectivity index (χ2n) is 4.93. The minimum atomic E-state index is -0.742. The molecule has 0 spiro atoms. The summed E-state index contributed by atoms with van der Waals surface area (Å²) < 4.78 is 18.8. The lowest BCUT2D eigenvalue weighted by molar-refractivity contribution is -0.143. The van der Waals surface area contributed by atoms with E-state index in [9.17, 15) is 18.8 Å². The first kappa shape index (κ1) is 19.9. The lowest BCUT2D eigenvalue weighted by Crippen LogP contribution is -2.39. The molecule has 24 heavy (non-hydrogen) atoms. The zero-order valence-corrected chi connectivity index (χ0v) is 14.4. The second kappa shape index (κ2) is 9.87. The highest BCUT2D eigenvalue weighted by atomic mass is 35.5. The molecule has 0 bridgehead atoms. The smallest absolute Gasteiger partial charge is 0.307 e. The molecule has 1 aromatic carbocycles. The lowest BCUT2D eigenvalue weighted by atomic mass is 10.1. The Balaban J connectivity index is 2.87. The van der Waals surface area contributed by atoms with Crippen LogP contribution >= 0.6 is 11.6 Å². The van der Waals surface area contributed by atoms with Crippen molar-refractivity contribution in [2.45, 2.75) is 20.3 Å². The Morgan fingerprint density at radius 2 is 2.00 bits per heavy atom. The monoisotopic (exact) mass is 358 g/mol. The topological polar surface area (TPSA) is 75.7 Å². The van der Waals surface area contributed by atoms with Gasteiger partial charge in [-0.1, -0.05) is 17.7 Å². The number of rotatable bonds is 8. The molecule has 0 heterocycles. The zero-order chi connectivity index (χ0) is 18.1. The summed E-state index contributed by atoms with van der Waals surface area (Å²) in [5.74, 6) is -2.10. The van der Waals surface area contributed by atoms with Crippen LogP contribution < -0.4 is 5.32 Å². The molecule has 0 saturated carbocycles. The molecule has 0 radical (unpaired) electrons. The molecule has 132 valence electrons. The predicted molar refractivity (Wildman–Crippen MR) is 87.2 cm³/mol. The van der Waals surface area contributed by atoms with E-state index in [4.69, 9.17) is 16.3 Å². The van der Waals surface area contributed by atoms with Gasteiger partial charge in [-0.2, -0.15) is 0 Å². The Hall–Kier alpha value is -2.15. The zero-order valence-electron chi connectivity index (χ0n) is 13.6. The summed E-state index contributed by atoms with van der Waals surface area (Å²) in [6.07, 6.45) is -0.0360. The van der Waals surface area contributed by atoms with Gasteiger partial charge in [0, 0.05) is 26.6 Å². The summed E-state index contributed by atoms with van der Waals surface area (Å²) in [7, 11) is 0. The van der Waals surface area contributed by atoms with Crippen LogP contribution in [0.25, 0.3) is 0 Å². The van der Waals surface area contributed by atoms with Crippen LogP contribution in [0.5, 0.6) is 0 Å². The van der Waals surface area contributed by atoms with Crippen LogP contribution in [0.1, 0.15) is 30.6 Å². The minimum Gasteiger partial charge on any atom is -0.466 e. The molecule has 0 unspecified atom stereocenters. The normalized spacial score (nSPS) is 10.2. The quantitative estimate of drug-likeness (QED) is 0.721. The van der Waals surface area contributed by atoms with Crippen LogP contribution in [-0.4, -0.2) is 48.9 Å². The van der Waals surface area contributed by atoms with Crippen LogP contribution in [0.2, 0.25) is 5.02 Å². The third-order valence-corrected chi connectivity index (χ3v) is 3.43. The van der Waals surface area contributed by atoms with Gasteiger partial charge in [0.25, 0.3) is 5.91 Å². The number of halogens is 2. The Kier molecular flexibility index (Phi) is 8.18. The van der Waals surface area contributed by atoms with Crippen molar-refractivity contribution in [2.24, 2.45) is 0 Å². The summed E-state index contributed by atoms with van der Waals surface area (Å²) in [4.78, 5) is 36.3. The van der Waals surface area contributed by atoms with Crippen LogP contribution in [0.4, 0.5) is 4.39 Å². The van der Waals surface area contributed by atoms with Crippen molar-refractivity contribution in [3.05, 3.63) is 34.6 Å². The maximum absolute atomic E-state index is 13.9. The number of hydrogen-bond donors (Lipinski definition) is 1. The van der Waals surface area contributed by atoms with E-state index in [-0.39, 0.29) is 49.2 Å². The van der Waals surface area contributed by atoms with Crippen molar-refractivity contribution in [3.63, 3.8) is 0 Å². The summed E-state index contributed by atoms with van der Waals surface area (Å²) in [6, 6.07) is 3.94. The highest BCUT2D eigenvalue weighted by molar-refractivity contribution is 6.33. The van der Waals surface area contributed by atoms with E-state index in [1.807, 2.05) is 0 Å². The van der Waals surface area contributed by atoms with E-state index in [0.717, 1.165) is 6.07 Å². The molecule has 0 aliphatic heterocycles. The number of ether oxygens (including phenoxy) is 1. The van der Waals surface area contributed by atoms with E-state index in [1.54, 1.807) is 6.92 Å². The standard InChI is InChI=1S/C16H20ClFN2O4/c1-3-24-14(22)7-9-20(10-8-19-11(2)21)16(23)15-12(17)5-4-6-13(15)18/h4-6H,3,7-10H2,1-2H3,(H,19,21). The Morgan fingerprint density at radius 3 is 2.58 bits per heavy atom. The van der Waals surface area contributed by atoms with Crippen molar-refractivity contribution in [1.82, 2.24) is 10.2 Å². The number of carbonyl (C=O) groups excluding carboxylic acids is 3. The fraction of sp³-hybridized carbons (Fsp3) is 0.438. The Morgan fingerprint density at radius 1 is 1.29 bits per heavy atom. The van der Waals surface area contributed by atoms with Crippen LogP contribution in [0.3, 0.4) is 0 Å². The number of esters is 1. The molecule has 0 aliphatic carbocycles. The highest BCUT2D eigenvalue weighted by Gasteiger charge is 2.22. The van der Waals surface area contributed by atoms with Gasteiger partial charge < -0.3 is 15.0 Å². The number of hydrogen-bond acceptors (Lipinski definition) is 4. The molecule has 1 N–H and O–H groups in total. The van der Waals surface area contributed by atoms with Crippen molar-refractivity contribution in [3.8, 4) is 0 Å². The fourth-order valence-corrected chi connectivity index (χ4v) is 2.25. The van der Waals surface area contributed by atoms with Gasteiger partial charge in [-0.3, -0.25) is 14.4 Å². The van der Waals surface area contributed by atoms with Gasteiger partial charge in [0.2, 0.25) is 5.91 Å². The summed E-state index contributed by atoms with van der Waals surface area (Å²) in [6.45, 7) is 3.58. The van der Waals surface area contributed by atoms with Crippen LogP contribution in [0, 0.1) is 5.82 Å². The molecule has 0 fully saturated rings. The SMILES string of the molecule is CCOC(=O)CCN(CCNC(C)=O)C(=O)c1c(F)cccc1Cl. The number of nitrogens with zero attached hydrogens (tertiary/aromatic N) is 1. The maximum Gasteiger partial charge on any atom is 0.307 e. The van der Waals surface area contributed by atoms with Crippen molar-refractivity contribution in [2.75, 3.05) is 26.2 Å². The lowest BCUT2D eigenvalue weighted by Gasteiger charge is -2.23. The molecule has 1 aromatic rings. The molecule has 6 nitrogen and oxygen atoms in total. The Labute approximate surface area is 144 Å². The molecule has 0 aromatic heterocycles. The van der Waals surface area contributed by atoms with Crippen LogP contribution in [0.15, 0.2) is 18.2 Å². The molecule has 1 rings (SSSR count). The van der Waals surface area contributed by atoms with Gasteiger partial charge in [0.05, 0.1) is 23.6 Å². The molecule has 0 atom stereocenters. The summed E-state index contributed by atoms with van der Waals surface area (Å²) >= 11 is 5.92. The van der Waals surface area contributed by atoms with E-state index in [2.05, 4.69) is 5.32 Å². The largest absolute Gasteiger partial charge is 0.466 e. The van der Waals surface area contributed by atoms with E-state index in [1.165, 1.54) is 24.0 Å². The second-order valence-corrected chi connectivity index (χ2v) is 5.33. The molecular formula is C16H20ClFN2O4. The van der Waals surface area contributed by atoms with Gasteiger partial charge in [-0.25, -0.2) is 4.39 Å². The minimum absolute atomic E-state index is 0.0133. The maximum atomic E-state index is 13.9. The average molecular weight is 359 g/mol. The summed E-state index contributed by atoms with van der Waals surface area (Å²) in [5, 5.41) is 2.54. The first-order chi connectivity index (χ1) is 11.4. The first-order valence-corrected chi connectivity index (χ1v) is 7.88. The van der Waals surface area contributed by atoms with Crippen molar-refractivity contribution < 1.29 is 23.5 Å². The molecule has 0 saturated heterocycles. The predicted octanol–water partition coefficient (Wildman–Crippen LogP) is 2.01. The molecule has 0 aliphatic rings. The van der Waals surface area contributed by atoms with E-state index < -0.39 is 17.7 Å². The summed E-state index contributed by atoms with van der Waals surface area (Å²) in [5.41, 5.74) is -0.258. The Bertz CT molecular complexity index is 589. The van der Waals surface area contributed by atoms with E-state index >= 15 is 0 Å². The van der Waals surface area contributed by atoms with Gasteiger partial charge >= 0.3 is 5.97 Å². The van der Waals surface area contributed by atoms with Gasteiger partial charge in [-0.15, -0.1) is 0 Å². The van der Waals surface area contributed by atoms with Gasteiger partial charge in [0.1, 0.15) is 5.82 Å². The fourth-order valence-electron chi connectivity index (χ4n) is 2.00. The van der Waals surface area contributed by atoms with Crippen molar-refractivity contribution >= 4 is 29.4 Å². The number of benzene rings is 1. The number of amides is 2. The molecule has 2 amide bonds. The van der Waals surface area contributed by atoms with Crippen LogP contribution in [-0.2, 0) is 14.3 Å². The molecular weight excluding hydrogens is 339 g/mol. The van der Waals surface area contributed by atoms with E-state index in [0.29, 0.717) is 0 Å². The van der Waals surface area contributed by atoms with Gasteiger partial charge in [0.15, 0.2) is 0 Å². The van der Waals surface area contributed by atoms with Crippen molar-refractivity contribution in [1.29, 1.82) is 0 Å². The highest BCUT2D eigenvalue weighted by Crippen LogP contribution is 2.21. The number of nitrogens with one attached hydrogen (secondary N) is 1. The number of carbonyl (C=O) groups is 3. The first-order valence-electron chi connectivity index (χ1n) is 7.50. The molecule has 8 heteroatoms. The average Bonchev–Trinajstić information content (AvgIpc) is 2.50.